The summed E-state index contributed by atoms with van der Waals surface area (Å²) in [5.74, 6) is -8.86. The summed E-state index contributed by atoms with van der Waals surface area (Å²) >= 11 is 2.44. The molecule has 0 saturated carbocycles. The van der Waals surface area contributed by atoms with E-state index in [1.54, 1.807) is 15.7 Å². The van der Waals surface area contributed by atoms with Gasteiger partial charge in [0.2, 0.25) is 41.4 Å². The highest BCUT2D eigenvalue weighted by molar-refractivity contribution is 7.14. The van der Waals surface area contributed by atoms with Gasteiger partial charge in [-0.25, -0.2) is 29.7 Å². The number of primary amides is 3. The van der Waals surface area contributed by atoms with Crippen molar-refractivity contribution >= 4 is 87.7 Å². The van der Waals surface area contributed by atoms with Crippen LogP contribution in [-0.2, 0) is 63.7 Å². The number of carbonyl (C=O) groups excluding carboxylic acids is 10. The average Bonchev–Trinajstić information content (AvgIpc) is 0.906. The maximum Gasteiger partial charge on any atom is 0.404 e. The molecule has 0 radical (unpaired) electrons. The summed E-state index contributed by atoms with van der Waals surface area (Å²) in [6, 6.07) is -7.94. The summed E-state index contributed by atoms with van der Waals surface area (Å²) in [6.45, 7) is 8.38. The Morgan fingerprint density at radius 1 is 0.712 bits per heavy atom. The lowest BCUT2D eigenvalue weighted by Crippen LogP contribution is -2.65. The predicted octanol–water partition coefficient (Wildman–Crippen LogP) is -5.48. The fraction of sp³-hybridized carbons (Fsp3) is 0.657. The van der Waals surface area contributed by atoms with Crippen LogP contribution in [0, 0.1) is 12.8 Å². The van der Waals surface area contributed by atoms with Crippen LogP contribution < -0.4 is 65.9 Å². The molecule has 10 amide bonds. The van der Waals surface area contributed by atoms with Gasteiger partial charge < -0.3 is 140 Å². The van der Waals surface area contributed by atoms with Crippen LogP contribution in [0.25, 0.3) is 10.7 Å². The number of imidazole rings is 1. The summed E-state index contributed by atoms with van der Waals surface area (Å²) in [5, 5.41) is 111. The normalized spacial score (nSPS) is 22.2. The number of carbonyl (C=O) groups is 10. The maximum absolute atomic E-state index is 15.3. The van der Waals surface area contributed by atoms with Crippen LogP contribution in [0.4, 0.5) is 10.6 Å². The maximum atomic E-state index is 15.3. The average molecular weight is 1610 g/mol. The number of aromatic nitrogens is 6. The monoisotopic (exact) mass is 1610 g/mol. The van der Waals surface area contributed by atoms with Crippen LogP contribution in [0.15, 0.2) is 23.3 Å². The van der Waals surface area contributed by atoms with Crippen molar-refractivity contribution in [3.05, 3.63) is 56.8 Å². The van der Waals surface area contributed by atoms with Crippen LogP contribution in [0.1, 0.15) is 154 Å². The molecule has 2 fully saturated rings. The number of unbranched alkanes of at least 4 members (excludes halogenated alkanes) is 3. The number of ether oxygens (including phenoxy) is 5. The van der Waals surface area contributed by atoms with Gasteiger partial charge in [0.05, 0.1) is 72.7 Å². The van der Waals surface area contributed by atoms with Gasteiger partial charge >= 0.3 is 6.09 Å². The number of nitrogens with two attached hydrogens (primary N) is 5. The number of nitrogens with one attached hydrogen (secondary N) is 8. The van der Waals surface area contributed by atoms with E-state index in [2.05, 4.69) is 67.1 Å². The van der Waals surface area contributed by atoms with Crippen LogP contribution >= 0.6 is 22.7 Å². The van der Waals surface area contributed by atoms with E-state index in [9.17, 15) is 84.0 Å². The van der Waals surface area contributed by atoms with E-state index in [1.807, 2.05) is 13.8 Å². The molecule has 19 atom stereocenters. The van der Waals surface area contributed by atoms with Crippen LogP contribution in [-0.4, -0.2) is 285 Å². The van der Waals surface area contributed by atoms with E-state index in [0.29, 0.717) is 61.0 Å². The third-order valence-electron chi connectivity index (χ3n) is 18.2. The van der Waals surface area contributed by atoms with E-state index < -0.39 is 189 Å². The molecular weight excluding hydrogens is 1500 g/mol. The summed E-state index contributed by atoms with van der Waals surface area (Å²) in [4.78, 5) is 159. The standard InChI is InChI=1S/C67H105N19O23S2/c1-7-9-14-42(91)74-17-11-12-20-86(44(92)15-10-8-2)21-13-18-75-60(100)37-27-111-64(81-37)38-28-110-43(80-38)16-19-76-61(101)46(33(6)89)83-59(99)31(4)48(93)32(5)79-63(103)47(84-62(102)45-30(3)56(70)85-58(82-45)35(22-41(69)90)77-23-34(68)57(71)98)53(36-24-73-29-78-36)107-66-55(51(96)49(94)39(25-87)106-66)108-65-52(97)54(109-67(72)104)50(95)40(26-88)105-65/h24,27-29,31-35,39-40,46-55,65-66,77,87-89,93-97H,7-23,25-26,68H2,1-6H3,(H2,69,90)(H2,71,98)(H2,72,104)(H,73,78)(H,74,91)(H,75,100)(H,76,101)(H,79,103)(H,83,99)(H,84,102)(H2,70,82,85)/t31-,32+,33+,34-,35-,39-,40+,46-,47-,48-,49+,50+,51-,52-,53-,54-,55-,65+,66-/m0/s1. The first-order chi connectivity index (χ1) is 52.7. The summed E-state index contributed by atoms with van der Waals surface area (Å²) in [7, 11) is 0. The Morgan fingerprint density at radius 2 is 1.39 bits per heavy atom. The Hall–Kier alpha value is -8.71. The van der Waals surface area contributed by atoms with Crippen molar-refractivity contribution in [3.63, 3.8) is 0 Å². The quantitative estimate of drug-likeness (QED) is 0.0184. The van der Waals surface area contributed by atoms with Crippen LogP contribution in [0.5, 0.6) is 0 Å². The SMILES string of the molecule is CCCCC(=O)NCCCCN(CCCNC(=O)c1csc(-c2csc(CCNC(=O)[C@@H](NC(=O)[C@@H](C)[C@H](O)[C@@H](C)NC(=O)[C@@H](NC(=O)c3nc([C@H](CC(N)=O)NC[C@H](N)C(N)=O)nc(N)c3C)[C@@H](O[C@@H]3O[C@@H](CO)[C@@H](O)[C@H](O)[C@@H]3O[C@H]3O[C@H](CO)[C@@H](O)[C@H](OC(N)=O)[C@@H]3O)c3cnc[nH]3)[C@@H](C)O)n2)n1)C(=O)CCCC. The van der Waals surface area contributed by atoms with Gasteiger partial charge in [0.1, 0.15) is 94.6 Å². The van der Waals surface area contributed by atoms with Crippen molar-refractivity contribution in [2.45, 2.75) is 222 Å². The second-order valence-electron chi connectivity index (χ2n) is 26.8. The number of nitrogens with zero attached hydrogens (tertiary/aromatic N) is 6. The molecule has 6 heterocycles. The molecule has 0 unspecified atom stereocenters. The smallest absolute Gasteiger partial charge is 0.404 e. The van der Waals surface area contributed by atoms with Gasteiger partial charge in [-0.2, -0.15) is 0 Å². The summed E-state index contributed by atoms with van der Waals surface area (Å²) in [5.41, 5.74) is 28.0. The number of anilines is 1. The molecule has 111 heavy (non-hydrogen) atoms. The lowest BCUT2D eigenvalue weighted by atomic mass is 9.96. The Labute approximate surface area is 646 Å². The van der Waals surface area contributed by atoms with Crippen molar-refractivity contribution in [3.8, 4) is 10.7 Å². The topological polar surface area (TPSA) is 676 Å². The van der Waals surface area contributed by atoms with Gasteiger partial charge in [0.25, 0.3) is 11.8 Å². The van der Waals surface area contributed by atoms with E-state index >= 15 is 4.79 Å². The molecule has 618 valence electrons. The Kier molecular flexibility index (Phi) is 36.6. The van der Waals surface area contributed by atoms with Gasteiger partial charge in [0, 0.05) is 81.3 Å². The number of aliphatic hydroxyl groups is 8. The highest BCUT2D eigenvalue weighted by Gasteiger charge is 2.54. The summed E-state index contributed by atoms with van der Waals surface area (Å²) in [6.07, 6.45) is -19.1. The van der Waals surface area contributed by atoms with Gasteiger partial charge in [-0.1, -0.05) is 33.6 Å². The molecule has 0 bridgehead atoms. The third kappa shape index (κ3) is 26.5. The second-order valence-corrected chi connectivity index (χ2v) is 28.6. The number of aromatic amines is 1. The van der Waals surface area contributed by atoms with E-state index in [-0.39, 0.29) is 66.5 Å². The lowest BCUT2D eigenvalue weighted by molar-refractivity contribution is -0.372. The molecule has 44 heteroatoms. The molecule has 2 aliphatic heterocycles. The Bertz CT molecular complexity index is 3710. The first-order valence-electron chi connectivity index (χ1n) is 36.2. The zero-order chi connectivity index (χ0) is 81.9. The minimum absolute atomic E-state index is 0.0193. The molecule has 4 aromatic heterocycles. The van der Waals surface area contributed by atoms with Crippen LogP contribution in [0.2, 0.25) is 0 Å². The molecule has 0 spiro atoms. The van der Waals surface area contributed by atoms with Gasteiger partial charge in [-0.15, -0.1) is 22.7 Å². The van der Waals surface area contributed by atoms with Crippen molar-refractivity contribution < 1.29 is 112 Å². The largest absolute Gasteiger partial charge is 0.441 e. The molecule has 42 nitrogen and oxygen atoms in total. The molecule has 4 aromatic rings. The predicted molar refractivity (Wildman–Crippen MR) is 393 cm³/mol. The highest BCUT2D eigenvalue weighted by Crippen LogP contribution is 2.35. The van der Waals surface area contributed by atoms with Crippen molar-refractivity contribution in [2.75, 3.05) is 58.2 Å². The number of thiazole rings is 2. The van der Waals surface area contributed by atoms with Gasteiger partial charge in [0.15, 0.2) is 18.7 Å². The number of hydrogen-bond donors (Lipinski definition) is 21. The molecule has 0 aromatic carbocycles. The molecule has 2 aliphatic rings. The molecule has 0 aliphatic carbocycles. The molecule has 6 rings (SSSR count). The first kappa shape index (κ1) is 91.2. The fourth-order valence-corrected chi connectivity index (χ4v) is 13.3. The number of rotatable bonds is 46. The second kappa shape index (κ2) is 44.5. The molecule has 2 saturated heterocycles. The van der Waals surface area contributed by atoms with E-state index in [0.717, 1.165) is 44.6 Å². The van der Waals surface area contributed by atoms with E-state index in [1.165, 1.54) is 50.4 Å². The number of amides is 10. The molecular formula is C67H105N19O23S2. The Balaban J connectivity index is 1.16. The minimum atomic E-state index is -2.21. The van der Waals surface area contributed by atoms with E-state index in [4.69, 9.17) is 52.4 Å². The third-order valence-corrected chi connectivity index (χ3v) is 20.0. The fourth-order valence-electron chi connectivity index (χ4n) is 11.6. The number of aliphatic hydroxyl groups excluding tert-OH is 8. The first-order valence-corrected chi connectivity index (χ1v) is 38.0. The lowest BCUT2D eigenvalue weighted by Gasteiger charge is -2.47. The van der Waals surface area contributed by atoms with Crippen molar-refractivity contribution in [1.82, 2.24) is 72.0 Å². The van der Waals surface area contributed by atoms with Gasteiger partial charge in [-0.05, 0) is 52.9 Å². The highest BCUT2D eigenvalue weighted by atomic mass is 32.1. The minimum Gasteiger partial charge on any atom is -0.441 e. The zero-order valence-electron chi connectivity index (χ0n) is 62.3. The number of H-pyrrole nitrogens is 1. The zero-order valence-corrected chi connectivity index (χ0v) is 63.9. The van der Waals surface area contributed by atoms with Gasteiger partial charge in [-0.3, -0.25) is 43.2 Å². The number of nitrogen functional groups attached to an aromatic ring is 1. The van der Waals surface area contributed by atoms with Crippen LogP contribution in [0.3, 0.4) is 0 Å². The van der Waals surface area contributed by atoms with Crippen molar-refractivity contribution in [1.29, 1.82) is 0 Å². The van der Waals surface area contributed by atoms with Crippen molar-refractivity contribution in [2.24, 2.45) is 28.9 Å². The summed E-state index contributed by atoms with van der Waals surface area (Å²) < 4.78 is 28.8. The molecule has 26 N–H and O–H groups in total. The Morgan fingerprint density at radius 3 is 2.04 bits per heavy atom. The number of hydrogen-bond acceptors (Lipinski definition) is 33.